The van der Waals surface area contributed by atoms with Crippen LogP contribution in [-0.2, 0) is 6.42 Å². The Hall–Kier alpha value is -1.82. The van der Waals surface area contributed by atoms with Crippen molar-refractivity contribution in [2.24, 2.45) is 0 Å². The SMILES string of the molecule is CC[C@@H]1C[C@H](n2ccnc2-c2ccc(CC(F)(F)F)cc2)CCN1. The van der Waals surface area contributed by atoms with E-state index in [1.54, 1.807) is 30.5 Å². The lowest BCUT2D eigenvalue weighted by atomic mass is 9.97. The van der Waals surface area contributed by atoms with Gasteiger partial charge in [0.2, 0.25) is 0 Å². The van der Waals surface area contributed by atoms with Gasteiger partial charge in [0.15, 0.2) is 0 Å². The second-order valence-electron chi connectivity index (χ2n) is 6.38. The fourth-order valence-corrected chi connectivity index (χ4v) is 3.38. The summed E-state index contributed by atoms with van der Waals surface area (Å²) in [7, 11) is 0. The minimum absolute atomic E-state index is 0.275. The Morgan fingerprint density at radius 3 is 2.67 bits per heavy atom. The second kappa shape index (κ2) is 6.97. The number of alkyl halides is 3. The molecule has 0 saturated carbocycles. The van der Waals surface area contributed by atoms with Crippen LogP contribution in [0.25, 0.3) is 11.4 Å². The summed E-state index contributed by atoms with van der Waals surface area (Å²) in [6.07, 6.45) is 1.84. The first-order chi connectivity index (χ1) is 11.5. The monoisotopic (exact) mass is 337 g/mol. The molecule has 0 radical (unpaired) electrons. The Kier molecular flexibility index (Phi) is 4.94. The Balaban J connectivity index is 1.80. The molecular formula is C18H22F3N3. The molecule has 2 aromatic rings. The van der Waals surface area contributed by atoms with Crippen LogP contribution < -0.4 is 5.32 Å². The quantitative estimate of drug-likeness (QED) is 0.898. The molecule has 1 fully saturated rings. The average molecular weight is 337 g/mol. The summed E-state index contributed by atoms with van der Waals surface area (Å²) >= 11 is 0. The van der Waals surface area contributed by atoms with Crippen molar-refractivity contribution >= 4 is 0 Å². The summed E-state index contributed by atoms with van der Waals surface area (Å²) in [6.45, 7) is 3.15. The molecular weight excluding hydrogens is 315 g/mol. The number of hydrogen-bond donors (Lipinski definition) is 1. The second-order valence-corrected chi connectivity index (χ2v) is 6.38. The Morgan fingerprint density at radius 2 is 2.00 bits per heavy atom. The number of nitrogens with zero attached hydrogens (tertiary/aromatic N) is 2. The van der Waals surface area contributed by atoms with Gasteiger partial charge in [-0.25, -0.2) is 4.98 Å². The fraction of sp³-hybridized carbons (Fsp3) is 0.500. The van der Waals surface area contributed by atoms with Crippen LogP contribution in [0.3, 0.4) is 0 Å². The van der Waals surface area contributed by atoms with Crippen molar-refractivity contribution in [3.63, 3.8) is 0 Å². The van der Waals surface area contributed by atoms with Crippen LogP contribution in [-0.4, -0.2) is 28.3 Å². The summed E-state index contributed by atoms with van der Waals surface area (Å²) in [6, 6.07) is 7.44. The molecule has 2 atom stereocenters. The normalized spacial score (nSPS) is 21.8. The highest BCUT2D eigenvalue weighted by atomic mass is 19.4. The van der Waals surface area contributed by atoms with Gasteiger partial charge in [0.25, 0.3) is 0 Å². The van der Waals surface area contributed by atoms with Gasteiger partial charge in [0.1, 0.15) is 5.82 Å². The highest BCUT2D eigenvalue weighted by Gasteiger charge is 2.27. The largest absolute Gasteiger partial charge is 0.393 e. The number of nitrogens with one attached hydrogen (secondary N) is 1. The molecule has 0 amide bonds. The van der Waals surface area contributed by atoms with Crippen LogP contribution in [0.4, 0.5) is 13.2 Å². The van der Waals surface area contributed by atoms with Crippen LogP contribution in [0.15, 0.2) is 36.7 Å². The van der Waals surface area contributed by atoms with E-state index in [0.29, 0.717) is 12.1 Å². The summed E-state index contributed by atoms with van der Waals surface area (Å²) in [4.78, 5) is 4.44. The Bertz CT molecular complexity index is 661. The number of benzene rings is 1. The highest BCUT2D eigenvalue weighted by molar-refractivity contribution is 5.56. The topological polar surface area (TPSA) is 29.9 Å². The minimum Gasteiger partial charge on any atom is -0.328 e. The molecule has 1 saturated heterocycles. The van der Waals surface area contributed by atoms with Crippen molar-refractivity contribution < 1.29 is 13.2 Å². The van der Waals surface area contributed by atoms with Gasteiger partial charge in [-0.15, -0.1) is 0 Å². The van der Waals surface area contributed by atoms with Gasteiger partial charge in [-0.1, -0.05) is 31.2 Å². The third-order valence-electron chi connectivity index (χ3n) is 4.64. The molecule has 3 nitrogen and oxygen atoms in total. The van der Waals surface area contributed by atoms with E-state index < -0.39 is 12.6 Å². The summed E-state index contributed by atoms with van der Waals surface area (Å²) in [5.74, 6) is 0.829. The van der Waals surface area contributed by atoms with E-state index in [0.717, 1.165) is 37.2 Å². The molecule has 1 aromatic heterocycles. The number of rotatable bonds is 4. The molecule has 0 unspecified atom stereocenters. The van der Waals surface area contributed by atoms with Gasteiger partial charge < -0.3 is 9.88 Å². The molecule has 1 aliphatic rings. The number of hydrogen-bond acceptors (Lipinski definition) is 2. The first-order valence-electron chi connectivity index (χ1n) is 8.38. The van der Waals surface area contributed by atoms with E-state index in [1.807, 2.05) is 6.20 Å². The van der Waals surface area contributed by atoms with Crippen LogP contribution in [0, 0.1) is 0 Å². The maximum absolute atomic E-state index is 12.5. The molecule has 24 heavy (non-hydrogen) atoms. The predicted octanol–water partition coefficient (Wildman–Crippen LogP) is 4.36. The molecule has 2 heterocycles. The van der Waals surface area contributed by atoms with Crippen LogP contribution >= 0.6 is 0 Å². The number of imidazole rings is 1. The zero-order chi connectivity index (χ0) is 17.2. The van der Waals surface area contributed by atoms with E-state index in [-0.39, 0.29) is 5.56 Å². The molecule has 1 aliphatic heterocycles. The Morgan fingerprint density at radius 1 is 1.25 bits per heavy atom. The maximum Gasteiger partial charge on any atom is 0.393 e. The molecule has 0 aliphatic carbocycles. The summed E-state index contributed by atoms with van der Waals surface area (Å²) in [5, 5.41) is 3.51. The van der Waals surface area contributed by atoms with E-state index in [4.69, 9.17) is 0 Å². The van der Waals surface area contributed by atoms with Crippen molar-refractivity contribution in [3.8, 4) is 11.4 Å². The highest BCUT2D eigenvalue weighted by Crippen LogP contribution is 2.29. The molecule has 3 rings (SSSR count). The van der Waals surface area contributed by atoms with Crippen molar-refractivity contribution in [2.45, 2.75) is 50.9 Å². The van der Waals surface area contributed by atoms with Crippen molar-refractivity contribution in [1.29, 1.82) is 0 Å². The van der Waals surface area contributed by atoms with Gasteiger partial charge in [-0.2, -0.15) is 13.2 Å². The maximum atomic E-state index is 12.5. The smallest absolute Gasteiger partial charge is 0.328 e. The number of halogens is 3. The zero-order valence-electron chi connectivity index (χ0n) is 13.7. The third kappa shape index (κ3) is 3.98. The lowest BCUT2D eigenvalue weighted by molar-refractivity contribution is -0.127. The molecule has 1 aromatic carbocycles. The summed E-state index contributed by atoms with van der Waals surface area (Å²) in [5.41, 5.74) is 1.13. The van der Waals surface area contributed by atoms with Gasteiger partial charge >= 0.3 is 6.18 Å². The molecule has 6 heteroatoms. The predicted molar refractivity (Wildman–Crippen MR) is 87.8 cm³/mol. The van der Waals surface area contributed by atoms with E-state index >= 15 is 0 Å². The molecule has 0 spiro atoms. The number of piperidine rings is 1. The average Bonchev–Trinajstić information content (AvgIpc) is 3.04. The number of aromatic nitrogens is 2. The van der Waals surface area contributed by atoms with E-state index in [2.05, 4.69) is 21.8 Å². The van der Waals surface area contributed by atoms with Gasteiger partial charge in [0, 0.05) is 30.0 Å². The zero-order valence-corrected chi connectivity index (χ0v) is 13.7. The van der Waals surface area contributed by atoms with Crippen molar-refractivity contribution in [2.75, 3.05) is 6.54 Å². The van der Waals surface area contributed by atoms with Gasteiger partial charge in [-0.3, -0.25) is 0 Å². The standard InChI is InChI=1S/C18H22F3N3/c1-2-15-11-16(7-8-22-15)24-10-9-23-17(24)14-5-3-13(4-6-14)12-18(19,20)21/h3-6,9-10,15-16,22H,2,7-8,11-12H2,1H3/t15-,16-/m1/s1. The first-order valence-corrected chi connectivity index (χ1v) is 8.38. The molecule has 1 N–H and O–H groups in total. The lowest BCUT2D eigenvalue weighted by Gasteiger charge is -2.31. The molecule has 0 bridgehead atoms. The van der Waals surface area contributed by atoms with Gasteiger partial charge in [0.05, 0.1) is 6.42 Å². The van der Waals surface area contributed by atoms with Gasteiger partial charge in [-0.05, 0) is 31.4 Å². The van der Waals surface area contributed by atoms with E-state index in [1.165, 1.54) is 0 Å². The van der Waals surface area contributed by atoms with Crippen LogP contribution in [0.1, 0.15) is 37.8 Å². The summed E-state index contributed by atoms with van der Waals surface area (Å²) < 4.78 is 39.6. The third-order valence-corrected chi connectivity index (χ3v) is 4.64. The fourth-order valence-electron chi connectivity index (χ4n) is 3.38. The first kappa shape index (κ1) is 17.0. The lowest BCUT2D eigenvalue weighted by Crippen LogP contribution is -2.38. The Labute approximate surface area is 139 Å². The van der Waals surface area contributed by atoms with Crippen LogP contribution in [0.5, 0.6) is 0 Å². The minimum atomic E-state index is -4.18. The van der Waals surface area contributed by atoms with Crippen molar-refractivity contribution in [3.05, 3.63) is 42.2 Å². The van der Waals surface area contributed by atoms with Crippen molar-refractivity contribution in [1.82, 2.24) is 14.9 Å². The molecule has 130 valence electrons. The van der Waals surface area contributed by atoms with Crippen LogP contribution in [0.2, 0.25) is 0 Å². The van der Waals surface area contributed by atoms with E-state index in [9.17, 15) is 13.2 Å².